The van der Waals surface area contributed by atoms with Crippen LogP contribution in [0.4, 0.5) is 0 Å². The first-order valence-electron chi connectivity index (χ1n) is 5.71. The Morgan fingerprint density at radius 1 is 1.40 bits per heavy atom. The third-order valence-electron chi connectivity index (χ3n) is 2.24. The van der Waals surface area contributed by atoms with Gasteiger partial charge in [-0.15, -0.1) is 0 Å². The van der Waals surface area contributed by atoms with Gasteiger partial charge in [0.15, 0.2) is 0 Å². The lowest BCUT2D eigenvalue weighted by atomic mass is 10.1. The van der Waals surface area contributed by atoms with E-state index in [2.05, 4.69) is 11.9 Å². The molecule has 0 aromatic rings. The van der Waals surface area contributed by atoms with E-state index in [1.54, 1.807) is 0 Å². The number of unbranched alkanes of at least 4 members (excludes halogenated alkanes) is 4. The van der Waals surface area contributed by atoms with Crippen LogP contribution in [0.3, 0.4) is 0 Å². The van der Waals surface area contributed by atoms with Gasteiger partial charge in [0.05, 0.1) is 6.54 Å². The number of nitrogens with zero attached hydrogens (tertiary/aromatic N) is 1. The molecule has 0 aromatic carbocycles. The van der Waals surface area contributed by atoms with E-state index in [-0.39, 0.29) is 5.97 Å². The van der Waals surface area contributed by atoms with Crippen LogP contribution in [0.15, 0.2) is 4.99 Å². The van der Waals surface area contributed by atoms with E-state index >= 15 is 0 Å². The number of esters is 1. The summed E-state index contributed by atoms with van der Waals surface area (Å²) in [7, 11) is 0. The number of aliphatic imine (C=N–C) groups is 1. The molecule has 0 aliphatic carbocycles. The van der Waals surface area contributed by atoms with Crippen LogP contribution in [0.2, 0.25) is 0 Å². The molecule has 0 N–H and O–H groups in total. The summed E-state index contributed by atoms with van der Waals surface area (Å²) in [6.45, 7) is 2.97. The Labute approximate surface area is 95.7 Å². The van der Waals surface area contributed by atoms with Gasteiger partial charge in [-0.2, -0.15) is 0 Å². The van der Waals surface area contributed by atoms with Crippen molar-refractivity contribution in [1.82, 2.24) is 0 Å². The summed E-state index contributed by atoms with van der Waals surface area (Å²) in [6.07, 6.45) is 6.32. The van der Waals surface area contributed by atoms with Gasteiger partial charge in [0.1, 0.15) is 0 Å². The van der Waals surface area contributed by atoms with Gasteiger partial charge >= 0.3 is 5.97 Å². The van der Waals surface area contributed by atoms with E-state index in [9.17, 15) is 4.79 Å². The zero-order chi connectivity index (χ0) is 10.9. The Hall–Kier alpha value is -0.510. The molecule has 1 aliphatic heterocycles. The number of carbonyl (C=O) groups excluding carboxylic acids is 1. The van der Waals surface area contributed by atoms with Crippen molar-refractivity contribution in [3.05, 3.63) is 0 Å². The number of rotatable bonds is 6. The second kappa shape index (κ2) is 7.74. The summed E-state index contributed by atoms with van der Waals surface area (Å²) in [5.41, 5.74) is 0. The molecule has 86 valence electrons. The topological polar surface area (TPSA) is 38.7 Å². The second-order valence-electron chi connectivity index (χ2n) is 3.63. The summed E-state index contributed by atoms with van der Waals surface area (Å²) < 4.78 is 5.09. The van der Waals surface area contributed by atoms with Crippen molar-refractivity contribution in [1.29, 1.82) is 0 Å². The van der Waals surface area contributed by atoms with E-state index in [4.69, 9.17) is 4.74 Å². The summed E-state index contributed by atoms with van der Waals surface area (Å²) in [5, 5.41) is 0.563. The van der Waals surface area contributed by atoms with Gasteiger partial charge in [-0.25, -0.2) is 4.99 Å². The highest BCUT2D eigenvalue weighted by Crippen LogP contribution is 2.14. The molecule has 0 bridgehead atoms. The van der Waals surface area contributed by atoms with Crippen molar-refractivity contribution in [2.75, 3.05) is 12.3 Å². The molecular weight excluding hydrogens is 210 g/mol. The molecule has 1 rings (SSSR count). The van der Waals surface area contributed by atoms with Gasteiger partial charge in [0.2, 0.25) is 0 Å². The maximum absolute atomic E-state index is 11.3. The molecule has 0 saturated carbocycles. The van der Waals surface area contributed by atoms with Gasteiger partial charge in [0, 0.05) is 12.2 Å². The van der Waals surface area contributed by atoms with E-state index < -0.39 is 0 Å². The highest BCUT2D eigenvalue weighted by Gasteiger charge is 2.12. The average Bonchev–Trinajstić information content (AvgIpc) is 2.70. The molecule has 1 heterocycles. The monoisotopic (exact) mass is 229 g/mol. The molecule has 0 amide bonds. The van der Waals surface area contributed by atoms with Crippen molar-refractivity contribution in [3.63, 3.8) is 0 Å². The fourth-order valence-electron chi connectivity index (χ4n) is 1.40. The summed E-state index contributed by atoms with van der Waals surface area (Å²) in [5.74, 6) is 0.818. The van der Waals surface area contributed by atoms with Crippen LogP contribution in [0.1, 0.15) is 45.4 Å². The number of thioether (sulfide) groups is 1. The van der Waals surface area contributed by atoms with Crippen molar-refractivity contribution >= 4 is 23.0 Å². The summed E-state index contributed by atoms with van der Waals surface area (Å²) >= 11 is 1.52. The quantitative estimate of drug-likeness (QED) is 0.519. The molecule has 15 heavy (non-hydrogen) atoms. The minimum Gasteiger partial charge on any atom is -0.401 e. The minimum absolute atomic E-state index is 0.125. The fraction of sp³-hybridized carbons (Fsp3) is 0.818. The molecule has 0 unspecified atom stereocenters. The first kappa shape index (κ1) is 12.6. The number of hydrogen-bond acceptors (Lipinski definition) is 4. The van der Waals surface area contributed by atoms with Crippen LogP contribution in [0, 0.1) is 0 Å². The molecule has 1 aliphatic rings. The van der Waals surface area contributed by atoms with Crippen LogP contribution < -0.4 is 0 Å². The molecule has 0 spiro atoms. The van der Waals surface area contributed by atoms with E-state index in [1.165, 1.54) is 31.0 Å². The SMILES string of the molecule is CCCCCCCC(=O)OC1=NCCS1. The smallest absolute Gasteiger partial charge is 0.312 e. The lowest BCUT2D eigenvalue weighted by Crippen LogP contribution is -2.07. The summed E-state index contributed by atoms with van der Waals surface area (Å²) in [6, 6.07) is 0. The van der Waals surface area contributed by atoms with Crippen molar-refractivity contribution in [2.45, 2.75) is 45.4 Å². The highest BCUT2D eigenvalue weighted by molar-refractivity contribution is 8.13. The fourth-order valence-corrected chi connectivity index (χ4v) is 2.09. The third-order valence-corrected chi connectivity index (χ3v) is 3.09. The Bertz CT molecular complexity index is 229. The van der Waals surface area contributed by atoms with Crippen LogP contribution in [0.5, 0.6) is 0 Å². The first-order chi connectivity index (χ1) is 7.33. The molecule has 0 fully saturated rings. The zero-order valence-electron chi connectivity index (χ0n) is 9.33. The minimum atomic E-state index is -0.125. The molecule has 0 atom stereocenters. The van der Waals surface area contributed by atoms with Crippen LogP contribution in [-0.2, 0) is 9.53 Å². The van der Waals surface area contributed by atoms with E-state index in [0.717, 1.165) is 25.1 Å². The van der Waals surface area contributed by atoms with Crippen molar-refractivity contribution in [2.24, 2.45) is 4.99 Å². The predicted octanol–water partition coefficient (Wildman–Crippen LogP) is 2.99. The van der Waals surface area contributed by atoms with E-state index in [1.807, 2.05) is 0 Å². The average molecular weight is 229 g/mol. The maximum Gasteiger partial charge on any atom is 0.312 e. The van der Waals surface area contributed by atoms with Gasteiger partial charge in [-0.1, -0.05) is 44.4 Å². The predicted molar refractivity (Wildman–Crippen MR) is 64.2 cm³/mol. The molecule has 0 aromatic heterocycles. The maximum atomic E-state index is 11.3. The Kier molecular flexibility index (Phi) is 6.48. The normalized spacial score (nSPS) is 15.1. The van der Waals surface area contributed by atoms with Crippen LogP contribution in [0.25, 0.3) is 0 Å². The van der Waals surface area contributed by atoms with E-state index in [0.29, 0.717) is 11.7 Å². The highest BCUT2D eigenvalue weighted by atomic mass is 32.2. The van der Waals surface area contributed by atoms with Gasteiger partial charge in [0.25, 0.3) is 5.23 Å². The van der Waals surface area contributed by atoms with Gasteiger partial charge in [-0.3, -0.25) is 4.79 Å². The van der Waals surface area contributed by atoms with Crippen molar-refractivity contribution < 1.29 is 9.53 Å². The molecule has 4 heteroatoms. The largest absolute Gasteiger partial charge is 0.401 e. The second-order valence-corrected chi connectivity index (χ2v) is 4.68. The van der Waals surface area contributed by atoms with Crippen LogP contribution in [-0.4, -0.2) is 23.5 Å². The Morgan fingerprint density at radius 3 is 2.87 bits per heavy atom. The lowest BCUT2D eigenvalue weighted by molar-refractivity contribution is -0.135. The first-order valence-corrected chi connectivity index (χ1v) is 6.69. The van der Waals surface area contributed by atoms with Crippen molar-refractivity contribution in [3.8, 4) is 0 Å². The molecule has 0 radical (unpaired) electrons. The Balaban J connectivity index is 1.98. The number of hydrogen-bond donors (Lipinski definition) is 0. The zero-order valence-corrected chi connectivity index (χ0v) is 10.1. The number of ether oxygens (including phenoxy) is 1. The standard InChI is InChI=1S/C11H19NO2S/c1-2-3-4-5-6-7-10(13)14-11-12-8-9-15-11/h2-9H2,1H3. The van der Waals surface area contributed by atoms with Gasteiger partial charge in [-0.05, 0) is 6.42 Å². The molecule has 0 saturated heterocycles. The molecular formula is C11H19NO2S. The summed E-state index contributed by atoms with van der Waals surface area (Å²) in [4.78, 5) is 15.4. The Morgan fingerprint density at radius 2 is 2.20 bits per heavy atom. The van der Waals surface area contributed by atoms with Gasteiger partial charge < -0.3 is 4.74 Å². The third kappa shape index (κ3) is 5.82. The van der Waals surface area contributed by atoms with Crippen LogP contribution >= 0.6 is 11.8 Å². The number of carbonyl (C=O) groups is 1. The molecule has 3 nitrogen and oxygen atoms in total. The lowest BCUT2D eigenvalue weighted by Gasteiger charge is -2.02.